The summed E-state index contributed by atoms with van der Waals surface area (Å²) in [5, 5.41) is 3.28. The highest BCUT2D eigenvalue weighted by molar-refractivity contribution is 6.33. The molecular formula is C16H17ClN2O2. The van der Waals surface area contributed by atoms with Crippen LogP contribution in [0, 0.1) is 6.92 Å². The molecular weight excluding hydrogens is 288 g/mol. The molecule has 0 saturated heterocycles. The Morgan fingerprint density at radius 2 is 2.05 bits per heavy atom. The molecule has 0 bridgehead atoms. The molecule has 2 aromatic carbocycles. The molecule has 0 spiro atoms. The smallest absolute Gasteiger partial charge is 0.227 e. The predicted molar refractivity (Wildman–Crippen MR) is 85.8 cm³/mol. The number of rotatable bonds is 5. The fraction of sp³-hybridized carbons (Fsp3) is 0.188. The predicted octanol–water partition coefficient (Wildman–Crippen LogP) is 3.64. The van der Waals surface area contributed by atoms with E-state index in [0.29, 0.717) is 22.1 Å². The number of benzene rings is 2. The molecule has 0 heterocycles. The molecule has 2 rings (SSSR count). The third-order valence-electron chi connectivity index (χ3n) is 2.90. The maximum atomic E-state index is 11.8. The summed E-state index contributed by atoms with van der Waals surface area (Å²) in [7, 11) is 0. The van der Waals surface area contributed by atoms with Gasteiger partial charge < -0.3 is 15.8 Å². The molecule has 0 aromatic heterocycles. The Morgan fingerprint density at radius 1 is 1.29 bits per heavy atom. The van der Waals surface area contributed by atoms with Gasteiger partial charge in [0.25, 0.3) is 0 Å². The van der Waals surface area contributed by atoms with Gasteiger partial charge in [0.2, 0.25) is 5.91 Å². The van der Waals surface area contributed by atoms with E-state index < -0.39 is 0 Å². The Kier molecular flexibility index (Phi) is 5.06. The molecule has 2 aromatic rings. The van der Waals surface area contributed by atoms with E-state index in [2.05, 4.69) is 5.32 Å². The van der Waals surface area contributed by atoms with Crippen LogP contribution in [0.3, 0.4) is 0 Å². The fourth-order valence-corrected chi connectivity index (χ4v) is 2.08. The summed E-state index contributed by atoms with van der Waals surface area (Å²) in [6.07, 6.45) is 0.221. The summed E-state index contributed by atoms with van der Waals surface area (Å²) in [5.74, 6) is 0.425. The van der Waals surface area contributed by atoms with Gasteiger partial charge in [-0.3, -0.25) is 4.79 Å². The van der Waals surface area contributed by atoms with Crippen LogP contribution in [0.5, 0.6) is 5.75 Å². The lowest BCUT2D eigenvalue weighted by Crippen LogP contribution is -2.15. The Labute approximate surface area is 128 Å². The largest absolute Gasteiger partial charge is 0.491 e. The van der Waals surface area contributed by atoms with Crippen LogP contribution in [0.2, 0.25) is 5.02 Å². The summed E-state index contributed by atoms with van der Waals surface area (Å²) in [6.45, 7) is 2.19. The monoisotopic (exact) mass is 304 g/mol. The zero-order valence-corrected chi connectivity index (χ0v) is 12.5. The van der Waals surface area contributed by atoms with E-state index in [9.17, 15) is 4.79 Å². The second-order valence-corrected chi connectivity index (χ2v) is 5.07. The van der Waals surface area contributed by atoms with E-state index >= 15 is 0 Å². The van der Waals surface area contributed by atoms with Crippen molar-refractivity contribution in [1.82, 2.24) is 0 Å². The molecule has 0 unspecified atom stereocenters. The van der Waals surface area contributed by atoms with Gasteiger partial charge in [0.05, 0.1) is 29.4 Å². The van der Waals surface area contributed by atoms with Crippen molar-refractivity contribution in [2.75, 3.05) is 17.7 Å². The lowest BCUT2D eigenvalue weighted by molar-refractivity contribution is -0.116. The zero-order chi connectivity index (χ0) is 15.2. The van der Waals surface area contributed by atoms with Crippen molar-refractivity contribution >= 4 is 28.9 Å². The van der Waals surface area contributed by atoms with Crippen molar-refractivity contribution in [2.45, 2.75) is 13.3 Å². The van der Waals surface area contributed by atoms with E-state index in [1.807, 2.05) is 25.1 Å². The van der Waals surface area contributed by atoms with E-state index in [0.717, 1.165) is 5.56 Å². The standard InChI is InChI=1S/C16H17ClN2O2/c1-11-6-7-14(12(17)10-11)19-16(20)8-9-21-15-5-3-2-4-13(15)18/h2-7,10H,8-9,18H2,1H3,(H,19,20). The average Bonchev–Trinajstić information content (AvgIpc) is 2.44. The Morgan fingerprint density at radius 3 is 2.76 bits per heavy atom. The van der Waals surface area contributed by atoms with Gasteiger partial charge in [-0.25, -0.2) is 0 Å². The third kappa shape index (κ3) is 4.39. The van der Waals surface area contributed by atoms with Crippen LogP contribution in [-0.2, 0) is 4.79 Å². The quantitative estimate of drug-likeness (QED) is 0.829. The number of aryl methyl sites for hydroxylation is 1. The maximum Gasteiger partial charge on any atom is 0.227 e. The molecule has 0 atom stereocenters. The van der Waals surface area contributed by atoms with E-state index in [1.165, 1.54) is 0 Å². The van der Waals surface area contributed by atoms with Crippen molar-refractivity contribution in [3.05, 3.63) is 53.1 Å². The number of carbonyl (C=O) groups excluding carboxylic acids is 1. The number of hydrogen-bond donors (Lipinski definition) is 2. The molecule has 0 radical (unpaired) electrons. The van der Waals surface area contributed by atoms with E-state index in [-0.39, 0.29) is 18.9 Å². The van der Waals surface area contributed by atoms with Crippen molar-refractivity contribution in [1.29, 1.82) is 0 Å². The van der Waals surface area contributed by atoms with Gasteiger partial charge >= 0.3 is 0 Å². The number of nitrogens with one attached hydrogen (secondary N) is 1. The van der Waals surface area contributed by atoms with Crippen LogP contribution >= 0.6 is 11.6 Å². The van der Waals surface area contributed by atoms with Crippen LogP contribution in [0.4, 0.5) is 11.4 Å². The number of ether oxygens (including phenoxy) is 1. The number of para-hydroxylation sites is 2. The molecule has 0 aliphatic carbocycles. The minimum atomic E-state index is -0.157. The third-order valence-corrected chi connectivity index (χ3v) is 3.22. The molecule has 1 amide bonds. The van der Waals surface area contributed by atoms with Crippen molar-refractivity contribution in [3.63, 3.8) is 0 Å². The molecule has 21 heavy (non-hydrogen) atoms. The Bertz CT molecular complexity index is 644. The van der Waals surface area contributed by atoms with Gasteiger partial charge in [0, 0.05) is 0 Å². The second kappa shape index (κ2) is 6.99. The lowest BCUT2D eigenvalue weighted by Gasteiger charge is -2.10. The fourth-order valence-electron chi connectivity index (χ4n) is 1.80. The summed E-state index contributed by atoms with van der Waals surface area (Å²) in [4.78, 5) is 11.8. The van der Waals surface area contributed by atoms with Gasteiger partial charge in [0.15, 0.2) is 0 Å². The van der Waals surface area contributed by atoms with Crippen LogP contribution < -0.4 is 15.8 Å². The number of nitrogen functional groups attached to an aromatic ring is 1. The summed E-state index contributed by atoms with van der Waals surface area (Å²) in [6, 6.07) is 12.7. The van der Waals surface area contributed by atoms with Crippen molar-refractivity contribution < 1.29 is 9.53 Å². The molecule has 5 heteroatoms. The number of anilines is 2. The van der Waals surface area contributed by atoms with Gasteiger partial charge in [-0.2, -0.15) is 0 Å². The van der Waals surface area contributed by atoms with Crippen LogP contribution in [-0.4, -0.2) is 12.5 Å². The zero-order valence-electron chi connectivity index (χ0n) is 11.7. The Balaban J connectivity index is 1.84. The molecule has 4 nitrogen and oxygen atoms in total. The number of carbonyl (C=O) groups is 1. The highest BCUT2D eigenvalue weighted by Gasteiger charge is 2.07. The minimum absolute atomic E-state index is 0.157. The van der Waals surface area contributed by atoms with Crippen molar-refractivity contribution in [3.8, 4) is 5.75 Å². The first-order valence-corrected chi connectivity index (χ1v) is 6.97. The minimum Gasteiger partial charge on any atom is -0.491 e. The van der Waals surface area contributed by atoms with E-state index in [1.54, 1.807) is 24.3 Å². The summed E-state index contributed by atoms with van der Waals surface area (Å²) in [5.41, 5.74) is 7.95. The van der Waals surface area contributed by atoms with Crippen LogP contribution in [0.25, 0.3) is 0 Å². The Hall–Kier alpha value is -2.20. The van der Waals surface area contributed by atoms with E-state index in [4.69, 9.17) is 22.1 Å². The molecule has 3 N–H and O–H groups in total. The number of nitrogens with two attached hydrogens (primary N) is 1. The first-order chi connectivity index (χ1) is 10.1. The summed E-state index contributed by atoms with van der Waals surface area (Å²) < 4.78 is 5.48. The number of hydrogen-bond acceptors (Lipinski definition) is 3. The maximum absolute atomic E-state index is 11.8. The molecule has 0 aliphatic rings. The molecule has 0 aliphatic heterocycles. The second-order valence-electron chi connectivity index (χ2n) is 4.67. The number of halogens is 1. The van der Waals surface area contributed by atoms with Crippen LogP contribution in [0.1, 0.15) is 12.0 Å². The van der Waals surface area contributed by atoms with Gasteiger partial charge in [-0.15, -0.1) is 0 Å². The van der Waals surface area contributed by atoms with Gasteiger partial charge in [0.1, 0.15) is 5.75 Å². The van der Waals surface area contributed by atoms with Crippen LogP contribution in [0.15, 0.2) is 42.5 Å². The van der Waals surface area contributed by atoms with Crippen molar-refractivity contribution in [2.24, 2.45) is 0 Å². The first-order valence-electron chi connectivity index (χ1n) is 6.59. The van der Waals surface area contributed by atoms with Gasteiger partial charge in [-0.1, -0.05) is 29.8 Å². The highest BCUT2D eigenvalue weighted by Crippen LogP contribution is 2.23. The molecule has 0 fully saturated rings. The van der Waals surface area contributed by atoms with Gasteiger partial charge in [-0.05, 0) is 36.8 Å². The highest BCUT2D eigenvalue weighted by atomic mass is 35.5. The first kappa shape index (κ1) is 15.2. The lowest BCUT2D eigenvalue weighted by atomic mass is 10.2. The summed E-state index contributed by atoms with van der Waals surface area (Å²) >= 11 is 6.06. The molecule has 110 valence electrons. The average molecular weight is 305 g/mol. The SMILES string of the molecule is Cc1ccc(NC(=O)CCOc2ccccc2N)c(Cl)c1. The normalized spacial score (nSPS) is 10.2. The topological polar surface area (TPSA) is 64.3 Å². The number of amides is 1. The molecule has 0 saturated carbocycles.